The number of amides is 3. The standard InChI is InChI=1S/C20H31N3O4S/c1-18(2,3)13-11-12(14(28-13)22-17(26)27-19(4,5)6)15(24)23-10-9-21-16(25)20(23,7)8/h11H,9-10H2,1-8H3,(H,21,25)(H,22,26). The maximum atomic E-state index is 13.3. The molecule has 0 atom stereocenters. The minimum absolute atomic E-state index is 0.192. The molecule has 1 fully saturated rings. The summed E-state index contributed by atoms with van der Waals surface area (Å²) >= 11 is 1.35. The highest BCUT2D eigenvalue weighted by Gasteiger charge is 2.42. The number of piperazine rings is 1. The van der Waals surface area contributed by atoms with Gasteiger partial charge in [0.2, 0.25) is 5.91 Å². The van der Waals surface area contributed by atoms with Crippen LogP contribution in [-0.2, 0) is 14.9 Å². The molecule has 0 aliphatic carbocycles. The van der Waals surface area contributed by atoms with Crippen LogP contribution in [0.1, 0.15) is 70.6 Å². The lowest BCUT2D eigenvalue weighted by Crippen LogP contribution is -2.63. The second-order valence-electron chi connectivity index (χ2n) is 9.50. The zero-order valence-electron chi connectivity index (χ0n) is 18.0. The lowest BCUT2D eigenvalue weighted by atomic mass is 9.93. The van der Waals surface area contributed by atoms with Crippen molar-refractivity contribution in [3.8, 4) is 0 Å². The quantitative estimate of drug-likeness (QED) is 0.779. The Labute approximate surface area is 170 Å². The van der Waals surface area contributed by atoms with E-state index in [1.165, 1.54) is 11.3 Å². The van der Waals surface area contributed by atoms with Crippen LogP contribution in [0.4, 0.5) is 9.80 Å². The highest BCUT2D eigenvalue weighted by Crippen LogP contribution is 2.37. The number of anilines is 1. The average Bonchev–Trinajstić information content (AvgIpc) is 2.91. The molecule has 0 unspecified atom stereocenters. The molecule has 2 rings (SSSR count). The third-order valence-electron chi connectivity index (χ3n) is 4.41. The first-order chi connectivity index (χ1) is 12.6. The van der Waals surface area contributed by atoms with E-state index in [0.717, 1.165) is 4.88 Å². The normalized spacial score (nSPS) is 17.1. The molecule has 7 nitrogen and oxygen atoms in total. The van der Waals surface area contributed by atoms with Crippen molar-refractivity contribution in [3.63, 3.8) is 0 Å². The summed E-state index contributed by atoms with van der Waals surface area (Å²) in [6.07, 6.45) is -0.612. The third-order valence-corrected chi connectivity index (χ3v) is 5.89. The number of carbonyl (C=O) groups excluding carboxylic acids is 3. The summed E-state index contributed by atoms with van der Waals surface area (Å²) < 4.78 is 5.34. The molecule has 0 bridgehead atoms. The van der Waals surface area contributed by atoms with Gasteiger partial charge in [0.1, 0.15) is 16.1 Å². The summed E-state index contributed by atoms with van der Waals surface area (Å²) in [5.41, 5.74) is -1.43. The highest BCUT2D eigenvalue weighted by molar-refractivity contribution is 7.16. The Morgan fingerprint density at radius 2 is 1.82 bits per heavy atom. The van der Waals surface area contributed by atoms with Crippen LogP contribution < -0.4 is 10.6 Å². The van der Waals surface area contributed by atoms with Crippen LogP contribution in [0.15, 0.2) is 6.07 Å². The van der Waals surface area contributed by atoms with Crippen molar-refractivity contribution in [2.45, 2.75) is 71.9 Å². The Hall–Kier alpha value is -2.09. The summed E-state index contributed by atoms with van der Waals surface area (Å²) in [6, 6.07) is 1.81. The molecular weight excluding hydrogens is 378 g/mol. The average molecular weight is 410 g/mol. The smallest absolute Gasteiger partial charge is 0.412 e. The Bertz CT molecular complexity index is 784. The van der Waals surface area contributed by atoms with Crippen molar-refractivity contribution >= 4 is 34.2 Å². The van der Waals surface area contributed by atoms with E-state index >= 15 is 0 Å². The molecule has 1 saturated heterocycles. The van der Waals surface area contributed by atoms with Gasteiger partial charge in [0.25, 0.3) is 5.91 Å². The van der Waals surface area contributed by atoms with Gasteiger partial charge in [0.15, 0.2) is 0 Å². The fourth-order valence-corrected chi connectivity index (χ4v) is 3.90. The predicted molar refractivity (Wildman–Crippen MR) is 111 cm³/mol. The van der Waals surface area contributed by atoms with Crippen molar-refractivity contribution < 1.29 is 19.1 Å². The Kier molecular flexibility index (Phi) is 5.86. The first-order valence-electron chi connectivity index (χ1n) is 9.37. The number of rotatable bonds is 2. The van der Waals surface area contributed by atoms with Gasteiger partial charge in [-0.3, -0.25) is 14.9 Å². The minimum Gasteiger partial charge on any atom is -0.444 e. The molecule has 28 heavy (non-hydrogen) atoms. The Morgan fingerprint density at radius 3 is 2.36 bits per heavy atom. The molecule has 0 spiro atoms. The molecule has 1 aromatic rings. The summed E-state index contributed by atoms with van der Waals surface area (Å²) in [6.45, 7) is 15.7. The number of carbonyl (C=O) groups is 3. The lowest BCUT2D eigenvalue weighted by Gasteiger charge is -2.41. The molecule has 1 aliphatic rings. The largest absolute Gasteiger partial charge is 0.444 e. The molecule has 1 aliphatic heterocycles. The molecule has 1 aromatic heterocycles. The van der Waals surface area contributed by atoms with Crippen molar-refractivity contribution in [2.24, 2.45) is 0 Å². The summed E-state index contributed by atoms with van der Waals surface area (Å²) in [7, 11) is 0. The zero-order valence-corrected chi connectivity index (χ0v) is 18.8. The lowest BCUT2D eigenvalue weighted by molar-refractivity contribution is -0.133. The van der Waals surface area contributed by atoms with Crippen LogP contribution in [0.3, 0.4) is 0 Å². The van der Waals surface area contributed by atoms with E-state index in [1.54, 1.807) is 39.5 Å². The van der Waals surface area contributed by atoms with Gasteiger partial charge < -0.3 is 15.0 Å². The molecule has 0 radical (unpaired) electrons. The molecule has 2 heterocycles. The van der Waals surface area contributed by atoms with Crippen LogP contribution in [0, 0.1) is 0 Å². The number of nitrogens with one attached hydrogen (secondary N) is 2. The molecule has 2 N–H and O–H groups in total. The molecule has 3 amide bonds. The van der Waals surface area contributed by atoms with Crippen LogP contribution in [0.2, 0.25) is 0 Å². The van der Waals surface area contributed by atoms with Crippen LogP contribution >= 0.6 is 11.3 Å². The van der Waals surface area contributed by atoms with Crippen molar-refractivity contribution in [1.29, 1.82) is 0 Å². The van der Waals surface area contributed by atoms with Gasteiger partial charge in [0, 0.05) is 18.0 Å². The SMILES string of the molecule is CC(C)(C)OC(=O)Nc1sc(C(C)(C)C)cc1C(=O)N1CCNC(=O)C1(C)C. The zero-order chi connectivity index (χ0) is 21.5. The van der Waals surface area contributed by atoms with Gasteiger partial charge in [-0.1, -0.05) is 20.8 Å². The van der Waals surface area contributed by atoms with E-state index < -0.39 is 17.2 Å². The summed E-state index contributed by atoms with van der Waals surface area (Å²) in [4.78, 5) is 40.4. The Morgan fingerprint density at radius 1 is 1.21 bits per heavy atom. The van der Waals surface area contributed by atoms with Gasteiger partial charge in [-0.2, -0.15) is 0 Å². The van der Waals surface area contributed by atoms with Crippen LogP contribution in [-0.4, -0.2) is 47.0 Å². The van der Waals surface area contributed by atoms with Crippen molar-refractivity contribution in [3.05, 3.63) is 16.5 Å². The molecule has 8 heteroatoms. The molecular formula is C20H31N3O4S. The fourth-order valence-electron chi connectivity index (χ4n) is 2.81. The van der Waals surface area contributed by atoms with Crippen molar-refractivity contribution in [2.75, 3.05) is 18.4 Å². The first-order valence-corrected chi connectivity index (χ1v) is 10.2. The maximum absolute atomic E-state index is 13.3. The predicted octanol–water partition coefficient (Wildman–Crippen LogP) is 3.74. The summed E-state index contributed by atoms with van der Waals surface area (Å²) in [5, 5.41) is 5.95. The molecule has 156 valence electrons. The topological polar surface area (TPSA) is 87.7 Å². The number of thiophene rings is 1. The maximum Gasteiger partial charge on any atom is 0.412 e. The number of hydrogen-bond acceptors (Lipinski definition) is 5. The van der Waals surface area contributed by atoms with Crippen LogP contribution in [0.25, 0.3) is 0 Å². The van der Waals surface area contributed by atoms with Gasteiger partial charge in [-0.05, 0) is 46.1 Å². The van der Waals surface area contributed by atoms with E-state index in [1.807, 2.05) is 26.8 Å². The molecule has 0 aromatic carbocycles. The van der Waals surface area contributed by atoms with Crippen LogP contribution in [0.5, 0.6) is 0 Å². The second kappa shape index (κ2) is 7.39. The van der Waals surface area contributed by atoms with E-state index in [9.17, 15) is 14.4 Å². The second-order valence-corrected chi connectivity index (χ2v) is 10.6. The number of nitrogens with zero attached hydrogens (tertiary/aromatic N) is 1. The highest BCUT2D eigenvalue weighted by atomic mass is 32.1. The number of ether oxygens (including phenoxy) is 1. The number of hydrogen-bond donors (Lipinski definition) is 2. The Balaban J connectivity index is 2.41. The van der Waals surface area contributed by atoms with Gasteiger partial charge in [-0.15, -0.1) is 11.3 Å². The van der Waals surface area contributed by atoms with E-state index in [0.29, 0.717) is 23.7 Å². The van der Waals surface area contributed by atoms with Gasteiger partial charge in [-0.25, -0.2) is 4.79 Å². The molecule has 0 saturated carbocycles. The van der Waals surface area contributed by atoms with Gasteiger partial charge in [0.05, 0.1) is 5.56 Å². The first kappa shape index (κ1) is 22.2. The van der Waals surface area contributed by atoms with E-state index in [-0.39, 0.29) is 17.2 Å². The minimum atomic E-state index is -0.970. The van der Waals surface area contributed by atoms with Gasteiger partial charge >= 0.3 is 6.09 Å². The third kappa shape index (κ3) is 4.84. The monoisotopic (exact) mass is 409 g/mol. The summed E-state index contributed by atoms with van der Waals surface area (Å²) in [5.74, 6) is -0.474. The fraction of sp³-hybridized carbons (Fsp3) is 0.650. The van der Waals surface area contributed by atoms with E-state index in [2.05, 4.69) is 10.6 Å². The van der Waals surface area contributed by atoms with Crippen molar-refractivity contribution in [1.82, 2.24) is 10.2 Å². The van der Waals surface area contributed by atoms with E-state index in [4.69, 9.17) is 4.74 Å².